The Bertz CT molecular complexity index is 598. The van der Waals surface area contributed by atoms with Crippen LogP contribution in [0, 0.1) is 15.9 Å². The number of nitrogens with two attached hydrogens (primary N) is 1. The number of rotatable bonds is 2. The fourth-order valence-electron chi connectivity index (χ4n) is 1.81. The van der Waals surface area contributed by atoms with Crippen molar-refractivity contribution < 1.29 is 0 Å². The first-order chi connectivity index (χ1) is 8.78. The molecule has 0 aliphatic carbocycles. The molecule has 0 saturated carbocycles. The largest absolute Gasteiger partial charge is 0.383 e. The van der Waals surface area contributed by atoms with E-state index in [1.54, 1.807) is 4.68 Å². The lowest BCUT2D eigenvalue weighted by molar-refractivity contribution is 0.404. The Morgan fingerprint density at radius 3 is 2.58 bits per heavy atom. The molecule has 2 aromatic heterocycles. The van der Waals surface area contributed by atoms with E-state index in [4.69, 9.17) is 5.73 Å². The lowest BCUT2D eigenvalue weighted by atomic mass is 9.91. The molecule has 0 aliphatic rings. The van der Waals surface area contributed by atoms with Crippen molar-refractivity contribution in [3.05, 3.63) is 27.4 Å². The minimum Gasteiger partial charge on any atom is -0.383 e. The molecule has 0 spiro atoms. The van der Waals surface area contributed by atoms with E-state index in [2.05, 4.69) is 58.4 Å². The average Bonchev–Trinajstić information content (AvgIpc) is 2.55. The van der Waals surface area contributed by atoms with E-state index in [9.17, 15) is 0 Å². The summed E-state index contributed by atoms with van der Waals surface area (Å²) in [6.07, 6.45) is 2.41. The number of halogens is 1. The molecule has 0 unspecified atom stereocenters. The maximum Gasteiger partial charge on any atom is 0.159 e. The van der Waals surface area contributed by atoms with Gasteiger partial charge in [-0.05, 0) is 41.4 Å². The predicted molar refractivity (Wildman–Crippen MR) is 84.2 cm³/mol. The van der Waals surface area contributed by atoms with Gasteiger partial charge in [-0.3, -0.25) is 0 Å². The molecule has 2 N–H and O–H groups in total. The van der Waals surface area contributed by atoms with Gasteiger partial charge in [0.25, 0.3) is 0 Å². The lowest BCUT2D eigenvalue weighted by Gasteiger charge is -2.16. The first kappa shape index (κ1) is 14.2. The van der Waals surface area contributed by atoms with Gasteiger partial charge in [-0.2, -0.15) is 9.78 Å². The fraction of sp³-hybridized carbons (Fsp3) is 0.462. The summed E-state index contributed by atoms with van der Waals surface area (Å²) in [5.41, 5.74) is 8.22. The van der Waals surface area contributed by atoms with Crippen LogP contribution >= 0.6 is 22.6 Å². The number of hydrogen-bond acceptors (Lipinski definition) is 4. The number of anilines is 1. The smallest absolute Gasteiger partial charge is 0.159 e. The van der Waals surface area contributed by atoms with Crippen LogP contribution < -0.4 is 5.73 Å². The van der Waals surface area contributed by atoms with Crippen molar-refractivity contribution in [2.75, 3.05) is 5.73 Å². The van der Waals surface area contributed by atoms with Gasteiger partial charge in [0.2, 0.25) is 0 Å². The lowest BCUT2D eigenvalue weighted by Crippen LogP contribution is -2.11. The molecule has 0 amide bonds. The minimum absolute atomic E-state index is 0.174. The second-order valence-electron chi connectivity index (χ2n) is 5.81. The van der Waals surface area contributed by atoms with E-state index in [1.165, 1.54) is 6.33 Å². The van der Waals surface area contributed by atoms with Crippen molar-refractivity contribution >= 4 is 28.4 Å². The summed E-state index contributed by atoms with van der Waals surface area (Å²) < 4.78 is 2.70. The van der Waals surface area contributed by atoms with Crippen LogP contribution in [0.15, 0.2) is 12.4 Å². The summed E-state index contributed by atoms with van der Waals surface area (Å²) in [5.74, 6) is 1.35. The molecule has 6 heteroatoms. The highest BCUT2D eigenvalue weighted by Gasteiger charge is 2.20. The van der Waals surface area contributed by atoms with Gasteiger partial charge in [0.1, 0.15) is 12.1 Å². The Morgan fingerprint density at radius 2 is 2.00 bits per heavy atom. The summed E-state index contributed by atoms with van der Waals surface area (Å²) in [4.78, 5) is 8.32. The number of nitrogen functional groups attached to an aromatic ring is 1. The molecule has 0 fully saturated rings. The molecule has 0 aliphatic heterocycles. The third kappa shape index (κ3) is 3.23. The third-order valence-corrected chi connectivity index (χ3v) is 3.81. The molecular weight excluding hydrogens is 353 g/mol. The van der Waals surface area contributed by atoms with Crippen LogP contribution in [0.5, 0.6) is 0 Å². The number of nitrogens with zero attached hydrogens (tertiary/aromatic N) is 4. The van der Waals surface area contributed by atoms with E-state index in [0.29, 0.717) is 11.6 Å². The van der Waals surface area contributed by atoms with E-state index >= 15 is 0 Å². The Hall–Kier alpha value is -1.18. The predicted octanol–water partition coefficient (Wildman–Crippen LogP) is 2.75. The average molecular weight is 371 g/mol. The molecule has 19 heavy (non-hydrogen) atoms. The Balaban J connectivity index is 2.46. The van der Waals surface area contributed by atoms with Crippen molar-refractivity contribution in [2.24, 2.45) is 5.41 Å². The van der Waals surface area contributed by atoms with Crippen LogP contribution in [0.25, 0.3) is 5.82 Å². The van der Waals surface area contributed by atoms with Crippen LogP contribution in [0.4, 0.5) is 5.82 Å². The topological polar surface area (TPSA) is 69.6 Å². The molecule has 2 heterocycles. The van der Waals surface area contributed by atoms with Gasteiger partial charge >= 0.3 is 0 Å². The molecule has 2 aromatic rings. The number of aryl methyl sites for hydroxylation is 1. The Morgan fingerprint density at radius 1 is 1.32 bits per heavy atom. The van der Waals surface area contributed by atoms with Gasteiger partial charge in [0.15, 0.2) is 5.82 Å². The van der Waals surface area contributed by atoms with Crippen molar-refractivity contribution in [2.45, 2.75) is 34.1 Å². The zero-order chi connectivity index (χ0) is 14.2. The molecule has 0 saturated heterocycles. The molecule has 5 nitrogen and oxygen atoms in total. The highest BCUT2D eigenvalue weighted by molar-refractivity contribution is 14.1. The Labute approximate surface area is 126 Å². The van der Waals surface area contributed by atoms with Gasteiger partial charge in [0, 0.05) is 11.8 Å². The third-order valence-electron chi connectivity index (χ3n) is 2.63. The summed E-state index contributed by atoms with van der Waals surface area (Å²) in [5, 5.41) is 4.60. The van der Waals surface area contributed by atoms with Gasteiger partial charge < -0.3 is 5.73 Å². The molecule has 102 valence electrons. The number of hydrogen-bond donors (Lipinski definition) is 1. The second kappa shape index (κ2) is 5.07. The van der Waals surface area contributed by atoms with Gasteiger partial charge in [-0.15, -0.1) is 0 Å². The van der Waals surface area contributed by atoms with Crippen LogP contribution in [-0.2, 0) is 6.42 Å². The van der Waals surface area contributed by atoms with E-state index in [1.807, 2.05) is 13.0 Å². The molecule has 0 atom stereocenters. The van der Waals surface area contributed by atoms with Gasteiger partial charge in [-0.25, -0.2) is 9.97 Å². The van der Waals surface area contributed by atoms with Crippen LogP contribution in [0.2, 0.25) is 0 Å². The summed E-state index contributed by atoms with van der Waals surface area (Å²) in [6, 6.07) is 1.88. The number of aromatic nitrogens is 4. The molecular formula is C13H18IN5. The zero-order valence-corrected chi connectivity index (χ0v) is 13.8. The van der Waals surface area contributed by atoms with Gasteiger partial charge in [0.05, 0.1) is 9.26 Å². The minimum atomic E-state index is 0.174. The summed E-state index contributed by atoms with van der Waals surface area (Å²) in [6.45, 7) is 8.49. The van der Waals surface area contributed by atoms with E-state index in [-0.39, 0.29) is 5.41 Å². The normalized spacial score (nSPS) is 11.8. The van der Waals surface area contributed by atoms with Gasteiger partial charge in [-0.1, -0.05) is 20.8 Å². The SMILES string of the molecule is Cc1cc(-n2nc(CC(C)(C)C)c(I)c2N)ncn1. The molecule has 0 aromatic carbocycles. The maximum absolute atomic E-state index is 6.14. The first-order valence-electron chi connectivity index (χ1n) is 6.10. The second-order valence-corrected chi connectivity index (χ2v) is 6.89. The van der Waals surface area contributed by atoms with Crippen molar-refractivity contribution in [1.82, 2.24) is 19.7 Å². The van der Waals surface area contributed by atoms with E-state index in [0.717, 1.165) is 21.4 Å². The van der Waals surface area contributed by atoms with Crippen LogP contribution in [0.1, 0.15) is 32.2 Å². The quantitative estimate of drug-likeness (QED) is 0.825. The molecule has 2 rings (SSSR count). The summed E-state index contributed by atoms with van der Waals surface area (Å²) >= 11 is 2.25. The van der Waals surface area contributed by atoms with Crippen LogP contribution in [-0.4, -0.2) is 19.7 Å². The highest BCUT2D eigenvalue weighted by Crippen LogP contribution is 2.27. The highest BCUT2D eigenvalue weighted by atomic mass is 127. The maximum atomic E-state index is 6.14. The Kier molecular flexibility index (Phi) is 3.80. The monoisotopic (exact) mass is 371 g/mol. The first-order valence-corrected chi connectivity index (χ1v) is 7.18. The standard InChI is InChI=1S/C13H18IN5/c1-8-5-10(17-7-16-8)19-12(15)11(14)9(18-19)6-13(2,3)4/h5,7H,6,15H2,1-4H3. The zero-order valence-electron chi connectivity index (χ0n) is 11.6. The van der Waals surface area contributed by atoms with Crippen molar-refractivity contribution in [1.29, 1.82) is 0 Å². The molecule has 0 bridgehead atoms. The van der Waals surface area contributed by atoms with Crippen molar-refractivity contribution in [3.63, 3.8) is 0 Å². The van der Waals surface area contributed by atoms with Crippen molar-refractivity contribution in [3.8, 4) is 5.82 Å². The fourth-order valence-corrected chi connectivity index (χ4v) is 2.33. The van der Waals surface area contributed by atoms with E-state index < -0.39 is 0 Å². The van der Waals surface area contributed by atoms with Crippen LogP contribution in [0.3, 0.4) is 0 Å². The molecule has 0 radical (unpaired) electrons. The summed E-state index contributed by atoms with van der Waals surface area (Å²) in [7, 11) is 0.